The summed E-state index contributed by atoms with van der Waals surface area (Å²) in [5, 5.41) is 4.26. The third-order valence-electron chi connectivity index (χ3n) is 3.44. The normalized spacial score (nSPS) is 15.3. The first-order valence-corrected chi connectivity index (χ1v) is 6.90. The molecule has 2 N–H and O–H groups in total. The van der Waals surface area contributed by atoms with Crippen LogP contribution in [0, 0.1) is 6.92 Å². The molecule has 6 heteroatoms. The lowest BCUT2D eigenvalue weighted by atomic mass is 10.2. The van der Waals surface area contributed by atoms with Gasteiger partial charge in [0.05, 0.1) is 18.1 Å². The molecule has 0 unspecified atom stereocenters. The van der Waals surface area contributed by atoms with Crippen LogP contribution in [0.2, 0.25) is 0 Å². The molecule has 0 aliphatic carbocycles. The number of imidazole rings is 1. The maximum absolute atomic E-state index is 11.7. The van der Waals surface area contributed by atoms with E-state index in [0.29, 0.717) is 12.4 Å². The van der Waals surface area contributed by atoms with Crippen molar-refractivity contribution >= 4 is 23.8 Å². The van der Waals surface area contributed by atoms with Gasteiger partial charge >= 0.3 is 0 Å². The minimum atomic E-state index is 0.193. The van der Waals surface area contributed by atoms with Crippen LogP contribution in [0.4, 0.5) is 11.6 Å². The first-order chi connectivity index (χ1) is 10.1. The number of anilines is 2. The molecule has 3 rings (SSSR count). The monoisotopic (exact) mass is 283 g/mol. The largest absolute Gasteiger partial charge is 0.368 e. The molecule has 1 aromatic carbocycles. The van der Waals surface area contributed by atoms with Crippen molar-refractivity contribution in [3.63, 3.8) is 0 Å². The number of nitrogen functional groups attached to an aromatic ring is 1. The van der Waals surface area contributed by atoms with E-state index in [1.54, 1.807) is 12.4 Å². The number of aryl methyl sites for hydroxylation is 1. The van der Waals surface area contributed by atoms with Gasteiger partial charge in [-0.15, -0.1) is 0 Å². The third-order valence-corrected chi connectivity index (χ3v) is 3.44. The van der Waals surface area contributed by atoms with E-state index in [4.69, 9.17) is 5.73 Å². The summed E-state index contributed by atoms with van der Waals surface area (Å²) in [6.45, 7) is 2.67. The van der Waals surface area contributed by atoms with Crippen molar-refractivity contribution in [3.05, 3.63) is 41.7 Å². The van der Waals surface area contributed by atoms with Crippen molar-refractivity contribution in [3.8, 4) is 0 Å². The Hall–Kier alpha value is -2.63. The van der Waals surface area contributed by atoms with Gasteiger partial charge < -0.3 is 10.6 Å². The van der Waals surface area contributed by atoms with Gasteiger partial charge in [0.1, 0.15) is 0 Å². The van der Waals surface area contributed by atoms with Crippen LogP contribution in [0.1, 0.15) is 24.1 Å². The van der Waals surface area contributed by atoms with E-state index in [1.807, 2.05) is 36.1 Å². The lowest BCUT2D eigenvalue weighted by molar-refractivity contribution is -0.117. The summed E-state index contributed by atoms with van der Waals surface area (Å²) >= 11 is 0. The molecule has 1 aromatic heterocycles. The van der Waals surface area contributed by atoms with Gasteiger partial charge in [0, 0.05) is 18.7 Å². The number of aromatic nitrogens is 2. The molecule has 0 saturated carbocycles. The molecular formula is C15H17N5O. The van der Waals surface area contributed by atoms with Gasteiger partial charge in [-0.2, -0.15) is 5.10 Å². The Balaban J connectivity index is 1.75. The summed E-state index contributed by atoms with van der Waals surface area (Å²) in [7, 11) is 0. The van der Waals surface area contributed by atoms with Gasteiger partial charge in [-0.1, -0.05) is 12.1 Å². The van der Waals surface area contributed by atoms with E-state index < -0.39 is 0 Å². The second kappa shape index (κ2) is 5.40. The zero-order valence-corrected chi connectivity index (χ0v) is 11.9. The highest BCUT2D eigenvalue weighted by Gasteiger charge is 2.21. The quantitative estimate of drug-likeness (QED) is 0.872. The van der Waals surface area contributed by atoms with Crippen LogP contribution in [0.25, 0.3) is 0 Å². The molecule has 1 amide bonds. The summed E-state index contributed by atoms with van der Waals surface area (Å²) in [6, 6.07) is 7.75. The SMILES string of the molecule is Cc1cn(N=Cc2ccc(N3CCCC3=O)cc2)c(N)n1. The molecule has 1 fully saturated rings. The lowest BCUT2D eigenvalue weighted by Crippen LogP contribution is -2.23. The van der Waals surface area contributed by atoms with Crippen LogP contribution in [0.5, 0.6) is 0 Å². The van der Waals surface area contributed by atoms with Crippen LogP contribution in [0.15, 0.2) is 35.6 Å². The number of benzene rings is 1. The van der Waals surface area contributed by atoms with Crippen molar-refractivity contribution in [2.75, 3.05) is 17.2 Å². The molecule has 1 aliphatic rings. The smallest absolute Gasteiger partial charge is 0.227 e. The van der Waals surface area contributed by atoms with E-state index in [9.17, 15) is 4.79 Å². The van der Waals surface area contributed by atoms with Crippen LogP contribution in [-0.4, -0.2) is 28.3 Å². The molecule has 0 atom stereocenters. The Morgan fingerprint density at radius 2 is 2.10 bits per heavy atom. The average molecular weight is 283 g/mol. The molecule has 1 aliphatic heterocycles. The Morgan fingerprint density at radius 1 is 1.33 bits per heavy atom. The van der Waals surface area contributed by atoms with Gasteiger partial charge in [-0.3, -0.25) is 4.79 Å². The van der Waals surface area contributed by atoms with Gasteiger partial charge in [0.15, 0.2) is 0 Å². The predicted octanol–water partition coefficient (Wildman–Crippen LogP) is 1.78. The topological polar surface area (TPSA) is 76.5 Å². The minimum Gasteiger partial charge on any atom is -0.368 e. The highest BCUT2D eigenvalue weighted by molar-refractivity contribution is 5.95. The number of carbonyl (C=O) groups is 1. The molecule has 2 aromatic rings. The zero-order valence-electron chi connectivity index (χ0n) is 11.9. The first-order valence-electron chi connectivity index (χ1n) is 6.90. The molecule has 108 valence electrons. The number of nitrogens with zero attached hydrogens (tertiary/aromatic N) is 4. The number of hydrogen-bond acceptors (Lipinski definition) is 4. The summed E-state index contributed by atoms with van der Waals surface area (Å²) in [5.74, 6) is 0.557. The van der Waals surface area contributed by atoms with E-state index in [2.05, 4.69) is 10.1 Å². The number of carbonyl (C=O) groups excluding carboxylic acids is 1. The second-order valence-corrected chi connectivity index (χ2v) is 5.07. The molecule has 0 bridgehead atoms. The third kappa shape index (κ3) is 2.79. The highest BCUT2D eigenvalue weighted by atomic mass is 16.2. The summed E-state index contributed by atoms with van der Waals surface area (Å²) in [5.41, 5.74) is 8.43. The first kappa shape index (κ1) is 13.4. The summed E-state index contributed by atoms with van der Waals surface area (Å²) < 4.78 is 1.53. The van der Waals surface area contributed by atoms with Crippen molar-refractivity contribution in [2.45, 2.75) is 19.8 Å². The standard InChI is InChI=1S/C15H17N5O/c1-11-10-20(15(16)18-11)17-9-12-4-6-13(7-5-12)19-8-2-3-14(19)21/h4-7,9-10H,2-3,8H2,1H3,(H2,16,18). The number of amides is 1. The Bertz CT molecular complexity index is 687. The van der Waals surface area contributed by atoms with Crippen LogP contribution >= 0.6 is 0 Å². The number of hydrogen-bond donors (Lipinski definition) is 1. The number of rotatable bonds is 3. The van der Waals surface area contributed by atoms with Gasteiger partial charge in [0.25, 0.3) is 0 Å². The fourth-order valence-electron chi connectivity index (χ4n) is 2.39. The van der Waals surface area contributed by atoms with Crippen molar-refractivity contribution in [1.82, 2.24) is 9.66 Å². The van der Waals surface area contributed by atoms with Crippen molar-refractivity contribution < 1.29 is 4.79 Å². The van der Waals surface area contributed by atoms with E-state index >= 15 is 0 Å². The van der Waals surface area contributed by atoms with Crippen molar-refractivity contribution in [1.29, 1.82) is 0 Å². The summed E-state index contributed by atoms with van der Waals surface area (Å²) in [6.07, 6.45) is 5.06. The molecule has 6 nitrogen and oxygen atoms in total. The Kier molecular flexibility index (Phi) is 3.43. The molecule has 0 spiro atoms. The van der Waals surface area contributed by atoms with Crippen LogP contribution < -0.4 is 10.6 Å². The molecule has 2 heterocycles. The molecular weight excluding hydrogens is 266 g/mol. The van der Waals surface area contributed by atoms with Crippen LogP contribution in [0.3, 0.4) is 0 Å². The molecule has 0 radical (unpaired) electrons. The Morgan fingerprint density at radius 3 is 2.67 bits per heavy atom. The lowest BCUT2D eigenvalue weighted by Gasteiger charge is -2.15. The summed E-state index contributed by atoms with van der Waals surface area (Å²) in [4.78, 5) is 17.6. The fourth-order valence-corrected chi connectivity index (χ4v) is 2.39. The number of nitrogens with two attached hydrogens (primary N) is 1. The van der Waals surface area contributed by atoms with Gasteiger partial charge in [0.2, 0.25) is 11.9 Å². The molecule has 1 saturated heterocycles. The molecule has 21 heavy (non-hydrogen) atoms. The Labute approximate surface area is 122 Å². The van der Waals surface area contributed by atoms with Gasteiger partial charge in [-0.05, 0) is 31.0 Å². The van der Waals surface area contributed by atoms with Crippen LogP contribution in [-0.2, 0) is 4.79 Å². The maximum Gasteiger partial charge on any atom is 0.227 e. The highest BCUT2D eigenvalue weighted by Crippen LogP contribution is 2.21. The zero-order chi connectivity index (χ0) is 14.8. The van der Waals surface area contributed by atoms with Crippen molar-refractivity contribution in [2.24, 2.45) is 5.10 Å². The second-order valence-electron chi connectivity index (χ2n) is 5.07. The minimum absolute atomic E-state index is 0.193. The maximum atomic E-state index is 11.7. The predicted molar refractivity (Wildman–Crippen MR) is 82.4 cm³/mol. The van der Waals surface area contributed by atoms with E-state index in [-0.39, 0.29) is 5.91 Å². The fraction of sp³-hybridized carbons (Fsp3) is 0.267. The average Bonchev–Trinajstić information content (AvgIpc) is 3.03. The van der Waals surface area contributed by atoms with E-state index in [0.717, 1.165) is 29.9 Å². The van der Waals surface area contributed by atoms with Gasteiger partial charge in [-0.25, -0.2) is 9.66 Å². The van der Waals surface area contributed by atoms with E-state index in [1.165, 1.54) is 4.68 Å².